The minimum absolute atomic E-state index is 0.0336. The molecule has 3 aliphatic rings. The fourth-order valence-corrected chi connectivity index (χ4v) is 6.08. The van der Waals surface area contributed by atoms with Crippen LogP contribution in [0.25, 0.3) is 17.4 Å². The summed E-state index contributed by atoms with van der Waals surface area (Å²) in [6, 6.07) is 9.54. The number of furan rings is 1. The third kappa shape index (κ3) is 3.90. The highest BCUT2D eigenvalue weighted by Crippen LogP contribution is 2.49. The van der Waals surface area contributed by atoms with Crippen LogP contribution < -0.4 is 11.1 Å². The van der Waals surface area contributed by atoms with Crippen LogP contribution in [-0.2, 0) is 11.3 Å². The monoisotopic (exact) mass is 541 g/mol. The molecule has 11 nitrogen and oxygen atoms in total. The number of hydrogen-bond acceptors (Lipinski definition) is 9. The number of carbonyl (C=O) groups excluding carboxylic acids is 1. The molecule has 3 N–H and O–H groups in total. The Morgan fingerprint density at radius 1 is 1.18 bits per heavy atom. The van der Waals surface area contributed by atoms with Gasteiger partial charge < -0.3 is 25.3 Å². The van der Waals surface area contributed by atoms with Gasteiger partial charge in [0.1, 0.15) is 11.9 Å². The maximum absolute atomic E-state index is 13.9. The second-order valence-corrected chi connectivity index (χ2v) is 10.8. The molecule has 0 saturated carbocycles. The molecule has 0 spiro atoms. The van der Waals surface area contributed by atoms with Gasteiger partial charge in [0.2, 0.25) is 23.6 Å². The van der Waals surface area contributed by atoms with Crippen LogP contribution in [0.15, 0.2) is 70.6 Å². The van der Waals surface area contributed by atoms with Crippen LogP contribution in [-0.4, -0.2) is 59.4 Å². The molecule has 1 amide bonds. The lowest BCUT2D eigenvalue weighted by Gasteiger charge is -2.53. The zero-order valence-corrected chi connectivity index (χ0v) is 22.1. The molecular formula is C28H28FN9O2. The van der Waals surface area contributed by atoms with Crippen LogP contribution >= 0.6 is 0 Å². The Bertz CT molecular complexity index is 1680. The minimum Gasteiger partial charge on any atom is -0.461 e. The molecule has 5 heterocycles. The van der Waals surface area contributed by atoms with E-state index in [1.807, 2.05) is 17.0 Å². The Kier molecular flexibility index (Phi) is 5.41. The third-order valence-corrected chi connectivity index (χ3v) is 7.93. The number of aromatic nitrogens is 5. The predicted molar refractivity (Wildman–Crippen MR) is 145 cm³/mol. The van der Waals surface area contributed by atoms with E-state index in [9.17, 15) is 9.18 Å². The predicted octanol–water partition coefficient (Wildman–Crippen LogP) is 3.45. The highest BCUT2D eigenvalue weighted by atomic mass is 19.1. The largest absolute Gasteiger partial charge is 0.461 e. The maximum atomic E-state index is 13.9. The van der Waals surface area contributed by atoms with E-state index in [0.29, 0.717) is 37.6 Å². The smallest absolute Gasteiger partial charge is 0.259 e. The van der Waals surface area contributed by atoms with E-state index in [4.69, 9.17) is 10.2 Å². The Hall–Kier alpha value is -4.74. The highest BCUT2D eigenvalue weighted by molar-refractivity contribution is 5.88. The number of benzene rings is 1. The molecule has 2 aliphatic heterocycles. The highest BCUT2D eigenvalue weighted by Gasteiger charge is 2.50. The van der Waals surface area contributed by atoms with Crippen molar-refractivity contribution in [1.29, 1.82) is 0 Å². The maximum Gasteiger partial charge on any atom is 0.259 e. The molecular weight excluding hydrogens is 513 g/mol. The SMILES string of the molecule is CC1C=CC2(C)C[C@H](Nc3nc(N)n4nc(-c5ccco5)nc4n3)C(=O)N3CCN(Cc4ccc(F)cc4)C1=C32. The summed E-state index contributed by atoms with van der Waals surface area (Å²) in [6.45, 7) is 6.19. The van der Waals surface area contributed by atoms with Crippen LogP contribution in [0.3, 0.4) is 0 Å². The molecule has 2 unspecified atom stereocenters. The van der Waals surface area contributed by atoms with Crippen LogP contribution in [0, 0.1) is 17.2 Å². The van der Waals surface area contributed by atoms with Gasteiger partial charge in [-0.05, 0) is 36.2 Å². The molecule has 0 bridgehead atoms. The molecule has 1 aliphatic carbocycles. The second kappa shape index (κ2) is 8.90. The van der Waals surface area contributed by atoms with Crippen molar-refractivity contribution in [1.82, 2.24) is 34.4 Å². The second-order valence-electron chi connectivity index (χ2n) is 10.8. The van der Waals surface area contributed by atoms with Gasteiger partial charge in [0.25, 0.3) is 5.78 Å². The summed E-state index contributed by atoms with van der Waals surface area (Å²) in [5.74, 6) is 1.24. The Morgan fingerprint density at radius 3 is 2.77 bits per heavy atom. The van der Waals surface area contributed by atoms with E-state index in [1.54, 1.807) is 12.1 Å². The average molecular weight is 542 g/mol. The summed E-state index contributed by atoms with van der Waals surface area (Å²) in [5, 5.41) is 7.57. The quantitative estimate of drug-likeness (QED) is 0.365. The Morgan fingerprint density at radius 2 is 2.00 bits per heavy atom. The van der Waals surface area contributed by atoms with E-state index in [1.165, 1.54) is 22.9 Å². The summed E-state index contributed by atoms with van der Waals surface area (Å²) in [7, 11) is 0. The van der Waals surface area contributed by atoms with Crippen molar-refractivity contribution < 1.29 is 13.6 Å². The van der Waals surface area contributed by atoms with Crippen LogP contribution in [0.1, 0.15) is 25.8 Å². The van der Waals surface area contributed by atoms with E-state index in [2.05, 4.69) is 56.3 Å². The summed E-state index contributed by atoms with van der Waals surface area (Å²) in [5.41, 5.74) is 9.00. The molecule has 4 aromatic rings. The van der Waals surface area contributed by atoms with Crippen molar-refractivity contribution in [2.24, 2.45) is 11.3 Å². The molecule has 1 aromatic carbocycles. The number of halogens is 1. The topological polar surface area (TPSA) is 131 Å². The molecule has 7 rings (SSSR count). The lowest BCUT2D eigenvalue weighted by Crippen LogP contribution is -2.59. The first kappa shape index (κ1) is 24.3. The van der Waals surface area contributed by atoms with Gasteiger partial charge in [-0.1, -0.05) is 38.1 Å². The zero-order valence-electron chi connectivity index (χ0n) is 22.1. The van der Waals surface area contributed by atoms with Crippen LogP contribution in [0.4, 0.5) is 16.3 Å². The number of nitrogen functional groups attached to an aromatic ring is 1. The molecule has 1 fully saturated rings. The minimum atomic E-state index is -0.564. The zero-order chi connectivity index (χ0) is 27.6. The van der Waals surface area contributed by atoms with Crippen molar-refractivity contribution in [2.75, 3.05) is 24.1 Å². The van der Waals surface area contributed by atoms with Gasteiger partial charge in [0.15, 0.2) is 5.76 Å². The van der Waals surface area contributed by atoms with Gasteiger partial charge in [0.05, 0.1) is 12.0 Å². The van der Waals surface area contributed by atoms with Gasteiger partial charge >= 0.3 is 0 Å². The van der Waals surface area contributed by atoms with E-state index < -0.39 is 6.04 Å². The number of anilines is 2. The number of nitrogens with one attached hydrogen (secondary N) is 1. The van der Waals surface area contributed by atoms with Crippen molar-refractivity contribution >= 4 is 23.6 Å². The van der Waals surface area contributed by atoms with Crippen LogP contribution in [0.2, 0.25) is 0 Å². The summed E-state index contributed by atoms with van der Waals surface area (Å²) >= 11 is 0. The molecule has 12 heteroatoms. The number of amides is 1. The number of fused-ring (bicyclic) bond motifs is 1. The Balaban J connectivity index is 1.19. The van der Waals surface area contributed by atoms with Gasteiger partial charge in [-0.15, -0.1) is 5.10 Å². The van der Waals surface area contributed by atoms with Crippen molar-refractivity contribution in [3.8, 4) is 11.6 Å². The fourth-order valence-electron chi connectivity index (χ4n) is 6.08. The number of allylic oxidation sites excluding steroid dienone is 2. The number of rotatable bonds is 5. The molecule has 3 atom stereocenters. The fraction of sp³-hybridized carbons (Fsp3) is 0.321. The summed E-state index contributed by atoms with van der Waals surface area (Å²) in [4.78, 5) is 31.4. The third-order valence-electron chi connectivity index (χ3n) is 7.93. The van der Waals surface area contributed by atoms with E-state index >= 15 is 0 Å². The van der Waals surface area contributed by atoms with Crippen molar-refractivity contribution in [2.45, 2.75) is 32.9 Å². The average Bonchev–Trinajstić information content (AvgIpc) is 3.62. The number of nitrogens with two attached hydrogens (primary N) is 1. The molecule has 1 saturated heterocycles. The van der Waals surface area contributed by atoms with Crippen molar-refractivity contribution in [3.05, 3.63) is 77.6 Å². The molecule has 40 heavy (non-hydrogen) atoms. The lowest BCUT2D eigenvalue weighted by atomic mass is 9.70. The lowest BCUT2D eigenvalue weighted by molar-refractivity contribution is -0.135. The van der Waals surface area contributed by atoms with E-state index in [0.717, 1.165) is 17.0 Å². The first-order chi connectivity index (χ1) is 19.3. The van der Waals surface area contributed by atoms with Crippen molar-refractivity contribution in [3.63, 3.8) is 0 Å². The summed E-state index contributed by atoms with van der Waals surface area (Å²) < 4.78 is 20.2. The van der Waals surface area contributed by atoms with Crippen LogP contribution in [0.5, 0.6) is 0 Å². The van der Waals surface area contributed by atoms with E-state index in [-0.39, 0.29) is 40.7 Å². The molecule has 0 radical (unpaired) electrons. The number of carbonyl (C=O) groups is 1. The number of nitrogens with zero attached hydrogens (tertiary/aromatic N) is 7. The molecule has 204 valence electrons. The summed E-state index contributed by atoms with van der Waals surface area (Å²) in [6.07, 6.45) is 6.47. The number of hydrogen-bond donors (Lipinski definition) is 2. The standard InChI is InChI=1S/C28H28FN9O2/c1-16-9-10-28(2)14-19(31-26-33-25(30)38-27(34-26)32-23(35-38)20-4-3-13-40-20)24(39)37-12-11-36(21(16)22(28)37)15-17-5-7-18(29)8-6-17/h3-10,13,16,19H,11-12,14-15H2,1-2H3,(H3,30,31,32,33,34,35)/t16?,19-,28?/m0/s1. The van der Waals surface area contributed by atoms with Gasteiger partial charge in [-0.3, -0.25) is 4.79 Å². The van der Waals surface area contributed by atoms with Gasteiger partial charge in [-0.25, -0.2) is 4.39 Å². The Labute approximate surface area is 229 Å². The van der Waals surface area contributed by atoms with Gasteiger partial charge in [0, 0.05) is 36.7 Å². The first-order valence-corrected chi connectivity index (χ1v) is 13.2. The number of piperidine rings is 1. The first-order valence-electron chi connectivity index (χ1n) is 13.2. The van der Waals surface area contributed by atoms with Gasteiger partial charge in [-0.2, -0.15) is 19.5 Å². The normalized spacial score (nSPS) is 24.1. The molecule has 3 aromatic heterocycles.